The van der Waals surface area contributed by atoms with E-state index in [2.05, 4.69) is 18.0 Å². The lowest BCUT2D eigenvalue weighted by atomic mass is 10.0. The Morgan fingerprint density at radius 1 is 1.53 bits per heavy atom. The van der Waals surface area contributed by atoms with Crippen molar-refractivity contribution < 1.29 is 9.90 Å². The van der Waals surface area contributed by atoms with Gasteiger partial charge in [-0.15, -0.1) is 11.3 Å². The third-order valence-electron chi connectivity index (χ3n) is 3.69. The third-order valence-corrected chi connectivity index (χ3v) is 4.93. The van der Waals surface area contributed by atoms with Gasteiger partial charge in [-0.2, -0.15) is 5.26 Å². The van der Waals surface area contributed by atoms with Gasteiger partial charge in [-0.25, -0.2) is 0 Å². The first kappa shape index (κ1) is 12.6. The molecular weight excluding hydrogens is 262 g/mol. The molecule has 1 unspecified atom stereocenters. The summed E-state index contributed by atoms with van der Waals surface area (Å²) < 4.78 is 0. The average Bonchev–Trinajstić information content (AvgIpc) is 2.88. The van der Waals surface area contributed by atoms with Crippen molar-refractivity contribution in [1.82, 2.24) is 4.90 Å². The van der Waals surface area contributed by atoms with Crippen LogP contribution in [0.3, 0.4) is 0 Å². The van der Waals surface area contributed by atoms with E-state index >= 15 is 0 Å². The summed E-state index contributed by atoms with van der Waals surface area (Å²) in [7, 11) is 2.05. The molecule has 5 nitrogen and oxygen atoms in total. The number of nitriles is 1. The second kappa shape index (κ2) is 4.60. The summed E-state index contributed by atoms with van der Waals surface area (Å²) in [6, 6.07) is 2.25. The highest BCUT2D eigenvalue weighted by Gasteiger charge is 2.34. The Kier molecular flexibility index (Phi) is 3.05. The molecule has 0 aliphatic carbocycles. The molecule has 100 valence electrons. The van der Waals surface area contributed by atoms with Gasteiger partial charge in [0.2, 0.25) is 5.91 Å². The van der Waals surface area contributed by atoms with Crippen molar-refractivity contribution in [2.24, 2.45) is 0 Å². The minimum Gasteiger partial charge on any atom is -0.391 e. The second-order valence-corrected chi connectivity index (χ2v) is 6.23. The number of hydrogen-bond donors (Lipinski definition) is 1. The highest BCUT2D eigenvalue weighted by Crippen LogP contribution is 2.40. The zero-order chi connectivity index (χ0) is 13.6. The Morgan fingerprint density at radius 3 is 2.95 bits per heavy atom. The van der Waals surface area contributed by atoms with Gasteiger partial charge in [0.15, 0.2) is 0 Å². The van der Waals surface area contributed by atoms with Crippen LogP contribution in [0.2, 0.25) is 0 Å². The molecule has 2 aliphatic heterocycles. The first-order valence-corrected chi connectivity index (χ1v) is 7.13. The van der Waals surface area contributed by atoms with Crippen LogP contribution >= 0.6 is 11.3 Å². The Morgan fingerprint density at radius 2 is 2.32 bits per heavy atom. The highest BCUT2D eigenvalue weighted by atomic mass is 32.1. The van der Waals surface area contributed by atoms with Crippen LogP contribution in [-0.4, -0.2) is 42.2 Å². The molecule has 1 fully saturated rings. The smallest absolute Gasteiger partial charge is 0.230 e. The van der Waals surface area contributed by atoms with Gasteiger partial charge in [-0.3, -0.25) is 9.69 Å². The van der Waals surface area contributed by atoms with Gasteiger partial charge in [-0.05, 0) is 19.0 Å². The van der Waals surface area contributed by atoms with Crippen molar-refractivity contribution in [3.8, 4) is 6.07 Å². The molecule has 1 aromatic rings. The molecule has 1 amide bonds. The molecule has 3 rings (SSSR count). The van der Waals surface area contributed by atoms with Crippen LogP contribution in [-0.2, 0) is 17.8 Å². The van der Waals surface area contributed by atoms with Crippen molar-refractivity contribution in [3.05, 3.63) is 16.0 Å². The van der Waals surface area contributed by atoms with E-state index in [0.717, 1.165) is 30.1 Å². The maximum atomic E-state index is 11.9. The molecule has 0 spiro atoms. The number of thiophene rings is 1. The van der Waals surface area contributed by atoms with E-state index in [9.17, 15) is 15.2 Å². The SMILES string of the molecule is CN1CCc2c(sc(N3CC(O)CC3=O)c2C#N)C1. The maximum absolute atomic E-state index is 11.9. The number of amides is 1. The predicted octanol–water partition coefficient (Wildman–Crippen LogP) is 0.705. The largest absolute Gasteiger partial charge is 0.391 e. The molecule has 0 radical (unpaired) electrons. The molecule has 19 heavy (non-hydrogen) atoms. The van der Waals surface area contributed by atoms with Crippen molar-refractivity contribution in [2.45, 2.75) is 25.5 Å². The number of nitrogens with zero attached hydrogens (tertiary/aromatic N) is 3. The first-order valence-electron chi connectivity index (χ1n) is 6.31. The number of likely N-dealkylation sites (N-methyl/N-ethyl adjacent to an activating group) is 1. The number of rotatable bonds is 1. The molecule has 3 heterocycles. The molecule has 0 aromatic carbocycles. The minimum atomic E-state index is -0.610. The summed E-state index contributed by atoms with van der Waals surface area (Å²) in [6.07, 6.45) is 0.407. The van der Waals surface area contributed by atoms with Gasteiger partial charge in [0.05, 0.1) is 24.6 Å². The van der Waals surface area contributed by atoms with Crippen LogP contribution in [0.15, 0.2) is 0 Å². The molecule has 1 saturated heterocycles. The number of carbonyl (C=O) groups is 1. The molecule has 6 heteroatoms. The van der Waals surface area contributed by atoms with E-state index in [1.54, 1.807) is 4.90 Å². The number of β-amino-alcohol motifs (C(OH)–C–C–N with tert-alkyl or cyclic N) is 1. The molecule has 0 bridgehead atoms. The summed E-state index contributed by atoms with van der Waals surface area (Å²) in [4.78, 5) is 16.8. The normalized spacial score (nSPS) is 23.5. The lowest BCUT2D eigenvalue weighted by Gasteiger charge is -2.21. The summed E-state index contributed by atoms with van der Waals surface area (Å²) >= 11 is 1.52. The van der Waals surface area contributed by atoms with Gasteiger partial charge in [0, 0.05) is 18.0 Å². The fourth-order valence-corrected chi connectivity index (χ4v) is 4.11. The number of fused-ring (bicyclic) bond motifs is 1. The van der Waals surface area contributed by atoms with E-state index in [0.29, 0.717) is 12.1 Å². The Bertz CT molecular complexity index is 575. The number of carbonyl (C=O) groups excluding carboxylic acids is 1. The van der Waals surface area contributed by atoms with Gasteiger partial charge in [-0.1, -0.05) is 0 Å². The third kappa shape index (κ3) is 2.04. The lowest BCUT2D eigenvalue weighted by Crippen LogP contribution is -2.26. The molecule has 1 aromatic heterocycles. The van der Waals surface area contributed by atoms with E-state index < -0.39 is 6.10 Å². The monoisotopic (exact) mass is 277 g/mol. The number of aliphatic hydroxyl groups excluding tert-OH is 1. The highest BCUT2D eigenvalue weighted by molar-refractivity contribution is 7.16. The van der Waals surface area contributed by atoms with Gasteiger partial charge >= 0.3 is 0 Å². The van der Waals surface area contributed by atoms with E-state index in [1.165, 1.54) is 16.2 Å². The zero-order valence-corrected chi connectivity index (χ0v) is 11.5. The molecule has 1 N–H and O–H groups in total. The van der Waals surface area contributed by atoms with E-state index in [4.69, 9.17) is 0 Å². The van der Waals surface area contributed by atoms with Crippen LogP contribution in [0, 0.1) is 11.3 Å². The first-order chi connectivity index (χ1) is 9.10. The summed E-state index contributed by atoms with van der Waals surface area (Å²) in [5, 5.41) is 19.7. The van der Waals surface area contributed by atoms with Crippen LogP contribution in [0.4, 0.5) is 5.00 Å². The fourth-order valence-electron chi connectivity index (χ4n) is 2.71. The Balaban J connectivity index is 2.03. The lowest BCUT2D eigenvalue weighted by molar-refractivity contribution is -0.117. The van der Waals surface area contributed by atoms with Crippen molar-refractivity contribution in [2.75, 3.05) is 25.0 Å². The number of anilines is 1. The minimum absolute atomic E-state index is 0.0871. The molecule has 2 aliphatic rings. The standard InChI is InChI=1S/C13H15N3O2S/c1-15-3-2-9-10(5-14)13(19-11(9)7-15)16-6-8(17)4-12(16)18/h8,17H,2-4,6-7H2,1H3. The number of hydrogen-bond acceptors (Lipinski definition) is 5. The quantitative estimate of drug-likeness (QED) is 0.820. The maximum Gasteiger partial charge on any atom is 0.230 e. The zero-order valence-electron chi connectivity index (χ0n) is 10.7. The van der Waals surface area contributed by atoms with Crippen LogP contribution in [0.1, 0.15) is 22.4 Å². The topological polar surface area (TPSA) is 67.6 Å². The number of aliphatic hydroxyl groups is 1. The van der Waals surface area contributed by atoms with E-state index in [1.807, 2.05) is 0 Å². The molecule has 0 saturated carbocycles. The molecular formula is C13H15N3O2S. The average molecular weight is 277 g/mol. The van der Waals surface area contributed by atoms with Crippen LogP contribution in [0.25, 0.3) is 0 Å². The summed E-state index contributed by atoms with van der Waals surface area (Å²) in [6.45, 7) is 2.08. The van der Waals surface area contributed by atoms with Crippen molar-refractivity contribution in [1.29, 1.82) is 5.26 Å². The van der Waals surface area contributed by atoms with Gasteiger partial charge < -0.3 is 10.0 Å². The van der Waals surface area contributed by atoms with Gasteiger partial charge in [0.25, 0.3) is 0 Å². The van der Waals surface area contributed by atoms with Crippen LogP contribution < -0.4 is 4.90 Å². The fraction of sp³-hybridized carbons (Fsp3) is 0.538. The van der Waals surface area contributed by atoms with Crippen LogP contribution in [0.5, 0.6) is 0 Å². The second-order valence-electron chi connectivity index (χ2n) is 5.15. The summed E-state index contributed by atoms with van der Waals surface area (Å²) in [5.74, 6) is -0.0871. The van der Waals surface area contributed by atoms with Crippen molar-refractivity contribution >= 4 is 22.2 Å². The van der Waals surface area contributed by atoms with E-state index in [-0.39, 0.29) is 12.3 Å². The molecule has 1 atom stereocenters. The summed E-state index contributed by atoms with van der Waals surface area (Å²) in [5.41, 5.74) is 1.73. The predicted molar refractivity (Wildman–Crippen MR) is 72.0 cm³/mol. The Labute approximate surface area is 115 Å². The van der Waals surface area contributed by atoms with Crippen molar-refractivity contribution in [3.63, 3.8) is 0 Å². The Hall–Kier alpha value is -1.42. The van der Waals surface area contributed by atoms with Gasteiger partial charge in [0.1, 0.15) is 11.1 Å².